The van der Waals surface area contributed by atoms with Gasteiger partial charge in [-0.25, -0.2) is 13.2 Å². The first-order chi connectivity index (χ1) is 13.0. The molecule has 0 bridgehead atoms. The van der Waals surface area contributed by atoms with Gasteiger partial charge in [-0.2, -0.15) is 4.31 Å². The van der Waals surface area contributed by atoms with Crippen LogP contribution in [0.25, 0.3) is 0 Å². The summed E-state index contributed by atoms with van der Waals surface area (Å²) in [6.45, 7) is 3.60. The van der Waals surface area contributed by atoms with Crippen LogP contribution in [0, 0.1) is 0 Å². The van der Waals surface area contributed by atoms with E-state index in [4.69, 9.17) is 9.47 Å². The van der Waals surface area contributed by atoms with Gasteiger partial charge in [0.05, 0.1) is 17.1 Å². The van der Waals surface area contributed by atoms with Crippen molar-refractivity contribution in [2.24, 2.45) is 0 Å². The molecule has 0 aliphatic carbocycles. The second kappa shape index (κ2) is 8.65. The van der Waals surface area contributed by atoms with E-state index in [2.05, 4.69) is 0 Å². The fourth-order valence-electron chi connectivity index (χ4n) is 3.03. The maximum absolute atomic E-state index is 13.0. The Hall–Kier alpha value is -2.22. The standard InChI is InChI=1S/C20H23NO5S/c1-2-25-12-13-26-20(22)17-8-5-9-19(14-17)27(23,24)21-11-10-16-6-3-4-7-18(16)15-21/h3-9,14H,2,10-13,15H2,1H3. The molecule has 7 heteroatoms. The minimum absolute atomic E-state index is 0.0983. The van der Waals surface area contributed by atoms with Gasteiger partial charge in [0, 0.05) is 19.7 Å². The van der Waals surface area contributed by atoms with Crippen molar-refractivity contribution in [3.05, 3.63) is 65.2 Å². The third-order valence-electron chi connectivity index (χ3n) is 4.47. The molecular weight excluding hydrogens is 366 g/mol. The summed E-state index contributed by atoms with van der Waals surface area (Å²) >= 11 is 0. The second-order valence-electron chi connectivity index (χ2n) is 6.22. The Bertz CT molecular complexity index is 910. The highest BCUT2D eigenvalue weighted by Gasteiger charge is 2.28. The molecule has 6 nitrogen and oxygen atoms in total. The summed E-state index contributed by atoms with van der Waals surface area (Å²) in [5.74, 6) is -0.559. The summed E-state index contributed by atoms with van der Waals surface area (Å²) in [6.07, 6.45) is 0.675. The first-order valence-corrected chi connectivity index (χ1v) is 10.4. The second-order valence-corrected chi connectivity index (χ2v) is 8.16. The van der Waals surface area contributed by atoms with Crippen molar-refractivity contribution in [1.82, 2.24) is 4.31 Å². The molecule has 1 aliphatic rings. The molecule has 0 saturated carbocycles. The van der Waals surface area contributed by atoms with Crippen LogP contribution in [-0.4, -0.2) is 45.1 Å². The number of benzene rings is 2. The lowest BCUT2D eigenvalue weighted by Crippen LogP contribution is -2.36. The lowest BCUT2D eigenvalue weighted by Gasteiger charge is -2.28. The highest BCUT2D eigenvalue weighted by Crippen LogP contribution is 2.25. The molecule has 27 heavy (non-hydrogen) atoms. The highest BCUT2D eigenvalue weighted by molar-refractivity contribution is 7.89. The molecule has 0 radical (unpaired) electrons. The number of carbonyl (C=O) groups excluding carboxylic acids is 1. The van der Waals surface area contributed by atoms with Gasteiger partial charge < -0.3 is 9.47 Å². The highest BCUT2D eigenvalue weighted by atomic mass is 32.2. The van der Waals surface area contributed by atoms with E-state index < -0.39 is 16.0 Å². The Morgan fingerprint density at radius 1 is 1.07 bits per heavy atom. The molecule has 2 aromatic rings. The lowest BCUT2D eigenvalue weighted by atomic mass is 10.0. The number of hydrogen-bond acceptors (Lipinski definition) is 5. The van der Waals surface area contributed by atoms with Crippen LogP contribution in [0.1, 0.15) is 28.4 Å². The van der Waals surface area contributed by atoms with E-state index in [0.717, 1.165) is 5.56 Å². The Morgan fingerprint density at radius 3 is 2.63 bits per heavy atom. The van der Waals surface area contributed by atoms with E-state index in [-0.39, 0.29) is 17.1 Å². The molecule has 1 heterocycles. The van der Waals surface area contributed by atoms with Gasteiger partial charge in [0.25, 0.3) is 0 Å². The Labute approximate surface area is 159 Å². The zero-order valence-electron chi connectivity index (χ0n) is 15.3. The summed E-state index contributed by atoms with van der Waals surface area (Å²) in [6, 6.07) is 13.8. The maximum atomic E-state index is 13.0. The average molecular weight is 389 g/mol. The monoisotopic (exact) mass is 389 g/mol. The molecule has 0 atom stereocenters. The van der Waals surface area contributed by atoms with Gasteiger partial charge in [0.1, 0.15) is 6.61 Å². The number of rotatable bonds is 7. The predicted octanol–water partition coefficient (Wildman–Crippen LogP) is 2.63. The van der Waals surface area contributed by atoms with Crippen molar-refractivity contribution >= 4 is 16.0 Å². The van der Waals surface area contributed by atoms with E-state index in [9.17, 15) is 13.2 Å². The normalized spacial score (nSPS) is 14.6. The Balaban J connectivity index is 1.75. The SMILES string of the molecule is CCOCCOC(=O)c1cccc(S(=O)(=O)N2CCc3ccccc3C2)c1. The van der Waals surface area contributed by atoms with E-state index in [0.29, 0.717) is 32.7 Å². The molecule has 144 valence electrons. The van der Waals surface area contributed by atoms with E-state index in [1.54, 1.807) is 12.1 Å². The van der Waals surface area contributed by atoms with Gasteiger partial charge in [-0.15, -0.1) is 0 Å². The number of esters is 1. The number of nitrogens with zero attached hydrogens (tertiary/aromatic N) is 1. The summed E-state index contributed by atoms with van der Waals surface area (Å²) in [5.41, 5.74) is 2.40. The first-order valence-electron chi connectivity index (χ1n) is 8.94. The molecule has 3 rings (SSSR count). The third kappa shape index (κ3) is 4.55. The summed E-state index contributed by atoms with van der Waals surface area (Å²) in [4.78, 5) is 12.2. The number of fused-ring (bicyclic) bond motifs is 1. The third-order valence-corrected chi connectivity index (χ3v) is 6.31. The summed E-state index contributed by atoms with van der Waals surface area (Å²) in [5, 5.41) is 0. The van der Waals surface area contributed by atoms with Crippen molar-refractivity contribution in [1.29, 1.82) is 0 Å². The quantitative estimate of drug-likeness (QED) is 0.538. The van der Waals surface area contributed by atoms with Crippen LogP contribution in [0.3, 0.4) is 0 Å². The maximum Gasteiger partial charge on any atom is 0.338 e. The van der Waals surface area contributed by atoms with Crippen LogP contribution in [0.4, 0.5) is 0 Å². The van der Waals surface area contributed by atoms with Gasteiger partial charge in [0.15, 0.2) is 0 Å². The number of sulfonamides is 1. The van der Waals surface area contributed by atoms with Crippen molar-refractivity contribution in [3.8, 4) is 0 Å². The van der Waals surface area contributed by atoms with Gasteiger partial charge in [0.2, 0.25) is 10.0 Å². The minimum atomic E-state index is -3.69. The molecule has 0 saturated heterocycles. The molecule has 2 aromatic carbocycles. The lowest BCUT2D eigenvalue weighted by molar-refractivity contribution is 0.0335. The largest absolute Gasteiger partial charge is 0.460 e. The van der Waals surface area contributed by atoms with Crippen LogP contribution in [0.5, 0.6) is 0 Å². The molecular formula is C20H23NO5S. The molecule has 0 spiro atoms. The zero-order valence-corrected chi connectivity index (χ0v) is 16.1. The van der Waals surface area contributed by atoms with Gasteiger partial charge in [-0.3, -0.25) is 0 Å². The van der Waals surface area contributed by atoms with E-state index in [1.165, 1.54) is 22.0 Å². The number of ether oxygens (including phenoxy) is 2. The molecule has 0 unspecified atom stereocenters. The fraction of sp³-hybridized carbons (Fsp3) is 0.350. The van der Waals surface area contributed by atoms with Crippen LogP contribution in [0.2, 0.25) is 0 Å². The van der Waals surface area contributed by atoms with Crippen molar-refractivity contribution in [2.75, 3.05) is 26.4 Å². The van der Waals surface area contributed by atoms with Crippen LogP contribution < -0.4 is 0 Å². The first kappa shape index (κ1) is 19.5. The average Bonchev–Trinajstić information content (AvgIpc) is 2.70. The number of hydrogen-bond donors (Lipinski definition) is 0. The van der Waals surface area contributed by atoms with E-state index in [1.807, 2.05) is 31.2 Å². The van der Waals surface area contributed by atoms with Crippen molar-refractivity contribution in [3.63, 3.8) is 0 Å². The molecule has 0 fully saturated rings. The van der Waals surface area contributed by atoms with Gasteiger partial charge >= 0.3 is 5.97 Å². The van der Waals surface area contributed by atoms with Crippen LogP contribution in [0.15, 0.2) is 53.4 Å². The zero-order chi connectivity index (χ0) is 19.3. The van der Waals surface area contributed by atoms with E-state index >= 15 is 0 Å². The van der Waals surface area contributed by atoms with Crippen molar-refractivity contribution in [2.45, 2.75) is 24.8 Å². The number of carbonyl (C=O) groups is 1. The van der Waals surface area contributed by atoms with Crippen LogP contribution in [-0.2, 0) is 32.5 Å². The van der Waals surface area contributed by atoms with Crippen LogP contribution >= 0.6 is 0 Å². The van der Waals surface area contributed by atoms with Crippen molar-refractivity contribution < 1.29 is 22.7 Å². The Kier molecular flexibility index (Phi) is 6.26. The summed E-state index contributed by atoms with van der Waals surface area (Å²) < 4.78 is 37.7. The van der Waals surface area contributed by atoms with Gasteiger partial charge in [-0.05, 0) is 42.7 Å². The molecule has 0 N–H and O–H groups in total. The van der Waals surface area contributed by atoms with Gasteiger partial charge in [-0.1, -0.05) is 30.3 Å². The molecule has 1 aliphatic heterocycles. The summed E-state index contributed by atoms with van der Waals surface area (Å²) in [7, 11) is -3.69. The Morgan fingerprint density at radius 2 is 1.85 bits per heavy atom. The topological polar surface area (TPSA) is 72.9 Å². The predicted molar refractivity (Wildman–Crippen MR) is 101 cm³/mol. The molecule has 0 amide bonds. The minimum Gasteiger partial charge on any atom is -0.460 e. The smallest absolute Gasteiger partial charge is 0.338 e. The molecule has 0 aromatic heterocycles. The fourth-order valence-corrected chi connectivity index (χ4v) is 4.49.